The Labute approximate surface area is 204 Å². The van der Waals surface area contributed by atoms with Gasteiger partial charge in [0.1, 0.15) is 11.0 Å². The van der Waals surface area contributed by atoms with Crippen LogP contribution in [0.5, 0.6) is 0 Å². The van der Waals surface area contributed by atoms with Gasteiger partial charge < -0.3 is 21.5 Å². The van der Waals surface area contributed by atoms with Crippen LogP contribution in [0.4, 0.5) is 17.5 Å². The van der Waals surface area contributed by atoms with Crippen molar-refractivity contribution in [2.75, 3.05) is 10.6 Å². The molecule has 9 nitrogen and oxygen atoms in total. The molecule has 0 saturated heterocycles. The van der Waals surface area contributed by atoms with Crippen molar-refractivity contribution in [3.63, 3.8) is 0 Å². The third-order valence-electron chi connectivity index (χ3n) is 6.20. The van der Waals surface area contributed by atoms with Crippen LogP contribution in [0.15, 0.2) is 18.2 Å². The molecule has 1 saturated carbocycles. The van der Waals surface area contributed by atoms with E-state index in [1.54, 1.807) is 12.1 Å². The average Bonchev–Trinajstić information content (AvgIpc) is 3.16. The Balaban J connectivity index is 1.83. The molecule has 2 unspecified atom stereocenters. The Hall–Kier alpha value is -2.91. The molecule has 2 atom stereocenters. The number of carboxylic acids is 1. The molecule has 5 N–H and O–H groups in total. The van der Waals surface area contributed by atoms with Crippen LogP contribution in [0.3, 0.4) is 0 Å². The zero-order chi connectivity index (χ0) is 24.6. The number of hydrogen-bond acceptors (Lipinski definition) is 7. The molecule has 2 heterocycles. The number of hydrogen-bond donors (Lipinski definition) is 4. The molecule has 4 rings (SSSR count). The van der Waals surface area contributed by atoms with Gasteiger partial charge in [-0.1, -0.05) is 38.3 Å². The normalized spacial score (nSPS) is 18.6. The van der Waals surface area contributed by atoms with Gasteiger partial charge in [0.15, 0.2) is 5.82 Å². The molecule has 2 aromatic heterocycles. The predicted octanol–water partition coefficient (Wildman–Crippen LogP) is 5.31. The van der Waals surface area contributed by atoms with Gasteiger partial charge in [0.2, 0.25) is 5.95 Å². The van der Waals surface area contributed by atoms with Crippen molar-refractivity contribution < 1.29 is 9.90 Å². The molecule has 34 heavy (non-hydrogen) atoms. The third kappa shape index (κ3) is 4.81. The van der Waals surface area contributed by atoms with Gasteiger partial charge in [0, 0.05) is 23.8 Å². The smallest absolute Gasteiger partial charge is 0.337 e. The van der Waals surface area contributed by atoms with Crippen molar-refractivity contribution in [1.82, 2.24) is 19.7 Å². The van der Waals surface area contributed by atoms with Crippen LogP contribution in [-0.4, -0.2) is 42.9 Å². The second-order valence-corrected chi connectivity index (χ2v) is 9.90. The quantitative estimate of drug-likeness (QED) is 0.354. The van der Waals surface area contributed by atoms with Crippen molar-refractivity contribution in [2.45, 2.75) is 77.4 Å². The van der Waals surface area contributed by atoms with E-state index in [0.29, 0.717) is 17.5 Å². The van der Waals surface area contributed by atoms with Gasteiger partial charge in [-0.2, -0.15) is 10.1 Å². The summed E-state index contributed by atoms with van der Waals surface area (Å²) in [6, 6.07) is 4.98. The highest BCUT2D eigenvalue weighted by molar-refractivity contribution is 6.33. The number of carbonyl (C=O) groups is 1. The summed E-state index contributed by atoms with van der Waals surface area (Å²) in [6.45, 7) is 8.31. The Morgan fingerprint density at radius 3 is 2.56 bits per heavy atom. The highest BCUT2D eigenvalue weighted by Crippen LogP contribution is 2.34. The van der Waals surface area contributed by atoms with E-state index in [4.69, 9.17) is 32.4 Å². The summed E-state index contributed by atoms with van der Waals surface area (Å²) in [4.78, 5) is 21.1. The first-order valence-corrected chi connectivity index (χ1v) is 12.2. The van der Waals surface area contributed by atoms with E-state index in [9.17, 15) is 9.90 Å². The van der Waals surface area contributed by atoms with Gasteiger partial charge in [0.25, 0.3) is 0 Å². The van der Waals surface area contributed by atoms with Crippen molar-refractivity contribution in [2.24, 2.45) is 5.73 Å². The Morgan fingerprint density at radius 2 is 1.94 bits per heavy atom. The Kier molecular flexibility index (Phi) is 6.95. The minimum atomic E-state index is -1.07. The summed E-state index contributed by atoms with van der Waals surface area (Å²) in [5.41, 5.74) is 9.49. The molecule has 1 fully saturated rings. The van der Waals surface area contributed by atoms with Gasteiger partial charge in [-0.15, -0.1) is 0 Å². The van der Waals surface area contributed by atoms with Crippen LogP contribution in [-0.2, 0) is 0 Å². The van der Waals surface area contributed by atoms with Gasteiger partial charge in [-0.25, -0.2) is 9.78 Å². The minimum Gasteiger partial charge on any atom is -0.478 e. The van der Waals surface area contributed by atoms with E-state index >= 15 is 0 Å². The Morgan fingerprint density at radius 1 is 1.21 bits per heavy atom. The monoisotopic (exact) mass is 485 g/mol. The lowest BCUT2D eigenvalue weighted by Crippen LogP contribution is -2.43. The number of nitrogens with zero attached hydrogens (tertiary/aromatic N) is 4. The number of anilines is 3. The van der Waals surface area contributed by atoms with Crippen molar-refractivity contribution in [3.8, 4) is 0 Å². The maximum Gasteiger partial charge on any atom is 0.337 e. The van der Waals surface area contributed by atoms with E-state index in [1.165, 1.54) is 6.07 Å². The molecule has 0 aliphatic heterocycles. The summed E-state index contributed by atoms with van der Waals surface area (Å²) < 4.78 is 1.93. The van der Waals surface area contributed by atoms with Gasteiger partial charge >= 0.3 is 5.97 Å². The van der Waals surface area contributed by atoms with E-state index < -0.39 is 5.97 Å². The van der Waals surface area contributed by atoms with Gasteiger partial charge in [-0.3, -0.25) is 4.68 Å². The number of nitrogens with two attached hydrogens (primary N) is 1. The molecule has 0 bridgehead atoms. The standard InChI is InChI=1S/C24H32ClN7O2/c1-12(2)19-20-21(32(31-19)13(3)4)22(27-14-9-10-15(23(33)34)16(25)11-14)30-24(29-20)28-18-8-6-5-7-17(18)26/h9-13,17-18H,5-8,26H2,1-4H3,(H,33,34)(H2,27,28,29,30). The summed E-state index contributed by atoms with van der Waals surface area (Å²) in [5, 5.41) is 21.1. The molecule has 1 aromatic carbocycles. The van der Waals surface area contributed by atoms with Crippen LogP contribution in [0.25, 0.3) is 11.0 Å². The number of aromatic nitrogens is 4. The minimum absolute atomic E-state index is 0.0445. The molecule has 1 aliphatic carbocycles. The molecule has 0 spiro atoms. The molecule has 182 valence electrons. The highest BCUT2D eigenvalue weighted by Gasteiger charge is 2.26. The first-order chi connectivity index (χ1) is 16.2. The number of aromatic carboxylic acids is 1. The van der Waals surface area contributed by atoms with Crippen molar-refractivity contribution in [3.05, 3.63) is 34.5 Å². The molecule has 1 aliphatic rings. The fraction of sp³-hybridized carbons (Fsp3) is 0.500. The highest BCUT2D eigenvalue weighted by atomic mass is 35.5. The molecule has 3 aromatic rings. The van der Waals surface area contributed by atoms with Crippen LogP contribution >= 0.6 is 11.6 Å². The zero-order valence-electron chi connectivity index (χ0n) is 20.0. The number of carboxylic acid groups (broad SMARTS) is 1. The summed E-state index contributed by atoms with van der Waals surface area (Å²) in [6.07, 6.45) is 4.20. The lowest BCUT2D eigenvalue weighted by atomic mass is 9.91. The predicted molar refractivity (Wildman–Crippen MR) is 135 cm³/mol. The number of halogens is 1. The summed E-state index contributed by atoms with van der Waals surface area (Å²) >= 11 is 6.22. The molecule has 0 radical (unpaired) electrons. The first kappa shape index (κ1) is 24.2. The average molecular weight is 486 g/mol. The first-order valence-electron chi connectivity index (χ1n) is 11.8. The lowest BCUT2D eigenvalue weighted by molar-refractivity contribution is 0.0697. The van der Waals surface area contributed by atoms with Crippen LogP contribution in [0.1, 0.15) is 81.4 Å². The van der Waals surface area contributed by atoms with Crippen LogP contribution in [0.2, 0.25) is 5.02 Å². The second kappa shape index (κ2) is 9.76. The van der Waals surface area contributed by atoms with Gasteiger partial charge in [-0.05, 0) is 50.8 Å². The number of rotatable bonds is 7. The SMILES string of the molecule is CC(C)c1nn(C(C)C)c2c(Nc3ccc(C(=O)O)c(Cl)c3)nc(NC3CCCCC3N)nc12. The molecular formula is C24H32ClN7O2. The van der Waals surface area contributed by atoms with Crippen LogP contribution < -0.4 is 16.4 Å². The van der Waals surface area contributed by atoms with Gasteiger partial charge in [0.05, 0.1) is 16.3 Å². The molecule has 10 heteroatoms. The summed E-state index contributed by atoms with van der Waals surface area (Å²) in [5.74, 6) is 0.162. The third-order valence-corrected chi connectivity index (χ3v) is 6.52. The Bertz CT molecular complexity index is 1210. The largest absolute Gasteiger partial charge is 0.478 e. The second-order valence-electron chi connectivity index (χ2n) is 9.50. The van der Waals surface area contributed by atoms with Crippen LogP contribution in [0, 0.1) is 0 Å². The maximum atomic E-state index is 11.4. The number of benzene rings is 1. The van der Waals surface area contributed by atoms with E-state index in [-0.39, 0.29) is 34.6 Å². The maximum absolute atomic E-state index is 11.4. The fourth-order valence-electron chi connectivity index (χ4n) is 4.39. The van der Waals surface area contributed by atoms with E-state index in [1.807, 2.05) is 4.68 Å². The summed E-state index contributed by atoms with van der Waals surface area (Å²) in [7, 11) is 0. The van der Waals surface area contributed by atoms with Crippen molar-refractivity contribution >= 4 is 46.1 Å². The number of nitrogens with one attached hydrogen (secondary N) is 2. The lowest BCUT2D eigenvalue weighted by Gasteiger charge is -2.29. The zero-order valence-corrected chi connectivity index (χ0v) is 20.7. The van der Waals surface area contributed by atoms with E-state index in [2.05, 4.69) is 38.3 Å². The molecule has 0 amide bonds. The molecular weight excluding hydrogens is 454 g/mol. The van der Waals surface area contributed by atoms with Crippen molar-refractivity contribution in [1.29, 1.82) is 0 Å². The fourth-order valence-corrected chi connectivity index (χ4v) is 4.65. The number of fused-ring (bicyclic) bond motifs is 1. The van der Waals surface area contributed by atoms with E-state index in [0.717, 1.165) is 42.4 Å². The topological polar surface area (TPSA) is 131 Å².